The third kappa shape index (κ3) is 2.87. The minimum atomic E-state index is 0.887. The molecule has 1 nitrogen and oxygen atoms in total. The molecule has 0 amide bonds. The smallest absolute Gasteiger partial charge is 0.118 e. The highest BCUT2D eigenvalue weighted by Crippen LogP contribution is 2.40. The number of fused-ring (bicyclic) bond motifs is 2. The first-order valence-electron chi connectivity index (χ1n) is 9.40. The van der Waals surface area contributed by atoms with Crippen molar-refractivity contribution in [1.82, 2.24) is 0 Å². The number of ether oxygens (including phenoxy) is 1. The van der Waals surface area contributed by atoms with Gasteiger partial charge in [-0.15, -0.1) is 11.3 Å². The number of hydrogen-bond donors (Lipinski definition) is 0. The normalized spacial score (nSPS) is 11.2. The highest BCUT2D eigenvalue weighted by atomic mass is 32.1. The van der Waals surface area contributed by atoms with Gasteiger partial charge in [0.25, 0.3) is 0 Å². The van der Waals surface area contributed by atoms with E-state index in [4.69, 9.17) is 4.74 Å². The number of thiophene rings is 1. The Bertz CT molecular complexity index is 1300. The molecule has 0 atom stereocenters. The van der Waals surface area contributed by atoms with Crippen LogP contribution in [0.25, 0.3) is 43.1 Å². The van der Waals surface area contributed by atoms with Crippen LogP contribution in [-0.4, -0.2) is 7.11 Å². The molecule has 0 saturated carbocycles. The molecule has 0 aliphatic carbocycles. The summed E-state index contributed by atoms with van der Waals surface area (Å²) >= 11 is 1.86. The Labute approximate surface area is 168 Å². The van der Waals surface area contributed by atoms with Crippen LogP contribution in [0.5, 0.6) is 5.75 Å². The maximum absolute atomic E-state index is 5.30. The number of benzene rings is 4. The Morgan fingerprint density at radius 2 is 1.39 bits per heavy atom. The first-order valence-corrected chi connectivity index (χ1v) is 10.2. The van der Waals surface area contributed by atoms with E-state index in [1.807, 2.05) is 23.5 Å². The van der Waals surface area contributed by atoms with Crippen LogP contribution >= 0.6 is 11.3 Å². The maximum Gasteiger partial charge on any atom is 0.118 e. The van der Waals surface area contributed by atoms with Gasteiger partial charge in [0.2, 0.25) is 0 Å². The Kier molecular flexibility index (Phi) is 4.14. The second-order valence-corrected chi connectivity index (χ2v) is 8.29. The molecule has 0 radical (unpaired) electrons. The molecule has 0 aliphatic heterocycles. The molecule has 28 heavy (non-hydrogen) atoms. The van der Waals surface area contributed by atoms with Crippen LogP contribution in [-0.2, 0) is 0 Å². The van der Waals surface area contributed by atoms with Gasteiger partial charge in [0.15, 0.2) is 0 Å². The van der Waals surface area contributed by atoms with E-state index in [1.165, 1.54) is 48.0 Å². The highest BCUT2D eigenvalue weighted by Gasteiger charge is 2.12. The average molecular weight is 381 g/mol. The molecule has 136 valence electrons. The van der Waals surface area contributed by atoms with Crippen molar-refractivity contribution in [3.05, 3.63) is 89.8 Å². The van der Waals surface area contributed by atoms with Crippen molar-refractivity contribution in [3.63, 3.8) is 0 Å². The first kappa shape index (κ1) is 17.0. The minimum Gasteiger partial charge on any atom is -0.497 e. The summed E-state index contributed by atoms with van der Waals surface area (Å²) < 4.78 is 5.30. The van der Waals surface area contributed by atoms with Crippen LogP contribution in [0.15, 0.2) is 84.9 Å². The van der Waals surface area contributed by atoms with Crippen LogP contribution in [0, 0.1) is 6.92 Å². The number of hydrogen-bond acceptors (Lipinski definition) is 2. The van der Waals surface area contributed by atoms with Crippen molar-refractivity contribution < 1.29 is 4.74 Å². The van der Waals surface area contributed by atoms with E-state index in [9.17, 15) is 0 Å². The monoisotopic (exact) mass is 380 g/mol. The summed E-state index contributed by atoms with van der Waals surface area (Å²) in [6.45, 7) is 2.20. The molecule has 0 bridgehead atoms. The van der Waals surface area contributed by atoms with Crippen LogP contribution in [0.1, 0.15) is 4.88 Å². The minimum absolute atomic E-state index is 0.887. The predicted octanol–water partition coefficient (Wildman–Crippen LogP) is 7.71. The topological polar surface area (TPSA) is 9.23 Å². The van der Waals surface area contributed by atoms with Gasteiger partial charge < -0.3 is 4.74 Å². The zero-order valence-corrected chi connectivity index (χ0v) is 16.7. The SMILES string of the molecule is COc1ccc(-c2cc(-c3cccc4cc5ccccc5cc34)sc2C)cc1. The van der Waals surface area contributed by atoms with E-state index in [2.05, 4.69) is 79.7 Å². The van der Waals surface area contributed by atoms with Gasteiger partial charge in [0, 0.05) is 9.75 Å². The molecule has 0 saturated heterocycles. The van der Waals surface area contributed by atoms with E-state index in [1.54, 1.807) is 7.11 Å². The molecular formula is C26H20OS. The quantitative estimate of drug-likeness (QED) is 0.291. The molecule has 0 unspecified atom stereocenters. The lowest BCUT2D eigenvalue weighted by atomic mass is 9.98. The summed E-state index contributed by atoms with van der Waals surface area (Å²) in [5.74, 6) is 0.887. The van der Waals surface area contributed by atoms with Crippen LogP contribution < -0.4 is 4.74 Å². The Morgan fingerprint density at radius 1 is 0.679 bits per heavy atom. The molecule has 5 aromatic rings. The molecule has 0 spiro atoms. The fourth-order valence-electron chi connectivity index (χ4n) is 3.85. The lowest BCUT2D eigenvalue weighted by Gasteiger charge is -2.07. The van der Waals surface area contributed by atoms with Gasteiger partial charge in [-0.05, 0) is 75.5 Å². The van der Waals surface area contributed by atoms with Gasteiger partial charge in [0.05, 0.1) is 7.11 Å². The molecule has 0 fully saturated rings. The molecule has 0 N–H and O–H groups in total. The summed E-state index contributed by atoms with van der Waals surface area (Å²) in [6.07, 6.45) is 0. The van der Waals surface area contributed by atoms with Gasteiger partial charge in [-0.1, -0.05) is 54.6 Å². The van der Waals surface area contributed by atoms with Gasteiger partial charge in [0.1, 0.15) is 5.75 Å². The molecule has 2 heteroatoms. The number of methoxy groups -OCH3 is 1. The van der Waals surface area contributed by atoms with E-state index in [0.29, 0.717) is 0 Å². The Morgan fingerprint density at radius 3 is 2.14 bits per heavy atom. The lowest BCUT2D eigenvalue weighted by molar-refractivity contribution is 0.415. The highest BCUT2D eigenvalue weighted by molar-refractivity contribution is 7.16. The number of aryl methyl sites for hydroxylation is 1. The summed E-state index contributed by atoms with van der Waals surface area (Å²) in [5, 5.41) is 5.16. The van der Waals surface area contributed by atoms with Crippen molar-refractivity contribution in [2.75, 3.05) is 7.11 Å². The summed E-state index contributed by atoms with van der Waals surface area (Å²) in [5.41, 5.74) is 3.82. The average Bonchev–Trinajstić information content (AvgIpc) is 3.13. The molecule has 4 aromatic carbocycles. The van der Waals surface area contributed by atoms with Gasteiger partial charge in [-0.25, -0.2) is 0 Å². The van der Waals surface area contributed by atoms with Crippen LogP contribution in [0.3, 0.4) is 0 Å². The zero-order valence-electron chi connectivity index (χ0n) is 15.9. The van der Waals surface area contributed by atoms with Crippen LogP contribution in [0.2, 0.25) is 0 Å². The zero-order chi connectivity index (χ0) is 19.1. The third-order valence-electron chi connectivity index (χ3n) is 5.33. The molecular weight excluding hydrogens is 360 g/mol. The number of rotatable bonds is 3. The second kappa shape index (κ2) is 6.81. The van der Waals surface area contributed by atoms with E-state index < -0.39 is 0 Å². The fraction of sp³-hybridized carbons (Fsp3) is 0.0769. The molecule has 0 aliphatic rings. The Hall–Kier alpha value is -3.10. The van der Waals surface area contributed by atoms with Gasteiger partial charge in [-0.3, -0.25) is 0 Å². The van der Waals surface area contributed by atoms with Gasteiger partial charge in [-0.2, -0.15) is 0 Å². The van der Waals surface area contributed by atoms with E-state index >= 15 is 0 Å². The van der Waals surface area contributed by atoms with Crippen molar-refractivity contribution in [3.8, 4) is 27.3 Å². The summed E-state index contributed by atoms with van der Waals surface area (Å²) in [6, 6.07) is 30.4. The van der Waals surface area contributed by atoms with Crippen molar-refractivity contribution in [1.29, 1.82) is 0 Å². The molecule has 5 rings (SSSR count). The Balaban J connectivity index is 1.67. The standard InChI is InChI=1S/C26H20OS/c1-17-24(18-10-12-22(27-2)13-11-18)16-26(28-17)23-9-5-8-21-14-19-6-3-4-7-20(19)15-25(21)23/h3-16H,1-2H3. The maximum atomic E-state index is 5.30. The first-order chi connectivity index (χ1) is 13.7. The van der Waals surface area contributed by atoms with Crippen molar-refractivity contribution >= 4 is 32.9 Å². The molecule has 1 aromatic heterocycles. The lowest BCUT2D eigenvalue weighted by Crippen LogP contribution is -1.82. The van der Waals surface area contributed by atoms with Crippen molar-refractivity contribution in [2.45, 2.75) is 6.92 Å². The van der Waals surface area contributed by atoms with Crippen molar-refractivity contribution in [2.24, 2.45) is 0 Å². The third-order valence-corrected chi connectivity index (χ3v) is 6.41. The summed E-state index contributed by atoms with van der Waals surface area (Å²) in [4.78, 5) is 2.64. The molecule has 1 heterocycles. The largest absolute Gasteiger partial charge is 0.497 e. The van der Waals surface area contributed by atoms with E-state index in [-0.39, 0.29) is 0 Å². The van der Waals surface area contributed by atoms with Crippen LogP contribution in [0.4, 0.5) is 0 Å². The second-order valence-electron chi connectivity index (χ2n) is 7.04. The predicted molar refractivity (Wildman–Crippen MR) is 121 cm³/mol. The summed E-state index contributed by atoms with van der Waals surface area (Å²) in [7, 11) is 1.70. The fourth-order valence-corrected chi connectivity index (χ4v) is 4.94. The van der Waals surface area contributed by atoms with Gasteiger partial charge >= 0.3 is 0 Å². The van der Waals surface area contributed by atoms with E-state index in [0.717, 1.165) is 5.75 Å².